The fourth-order valence-corrected chi connectivity index (χ4v) is 1.63. The summed E-state index contributed by atoms with van der Waals surface area (Å²) in [7, 11) is 1.68. The fraction of sp³-hybridized carbons (Fsp3) is 0.400. The second kappa shape index (κ2) is 3.17. The van der Waals surface area contributed by atoms with Crippen molar-refractivity contribution in [2.75, 3.05) is 7.05 Å². The number of pyridine rings is 1. The van der Waals surface area contributed by atoms with Crippen molar-refractivity contribution < 1.29 is 4.79 Å². The van der Waals surface area contributed by atoms with E-state index < -0.39 is 0 Å². The van der Waals surface area contributed by atoms with Crippen molar-refractivity contribution >= 4 is 5.91 Å². The molecule has 1 aromatic heterocycles. The van der Waals surface area contributed by atoms with Gasteiger partial charge in [-0.25, -0.2) is 0 Å². The summed E-state index contributed by atoms with van der Waals surface area (Å²) in [6.07, 6.45) is 4.56. The van der Waals surface area contributed by atoms with Crippen LogP contribution < -0.4 is 5.32 Å². The van der Waals surface area contributed by atoms with Crippen LogP contribution in [0.3, 0.4) is 0 Å². The largest absolute Gasteiger partial charge is 0.359 e. The van der Waals surface area contributed by atoms with E-state index in [0.29, 0.717) is 5.92 Å². The van der Waals surface area contributed by atoms with E-state index in [9.17, 15) is 4.79 Å². The van der Waals surface area contributed by atoms with Gasteiger partial charge in [0.15, 0.2) is 0 Å². The molecule has 1 heterocycles. The third-order valence-corrected chi connectivity index (χ3v) is 2.49. The molecule has 0 unspecified atom stereocenters. The van der Waals surface area contributed by atoms with Gasteiger partial charge >= 0.3 is 0 Å². The molecular formula is C10H12N2O. The first-order chi connectivity index (χ1) is 6.33. The zero-order valence-corrected chi connectivity index (χ0v) is 7.53. The molecule has 3 heteroatoms. The van der Waals surface area contributed by atoms with Gasteiger partial charge in [0.1, 0.15) is 0 Å². The molecule has 68 valence electrons. The molecule has 2 atom stereocenters. The molecule has 0 spiro atoms. The summed E-state index contributed by atoms with van der Waals surface area (Å²) in [4.78, 5) is 15.3. The predicted octanol–water partition coefficient (Wildman–Crippen LogP) is 0.931. The minimum Gasteiger partial charge on any atom is -0.359 e. The molecule has 1 aromatic rings. The number of amides is 1. The van der Waals surface area contributed by atoms with Crippen molar-refractivity contribution in [3.8, 4) is 0 Å². The molecule has 13 heavy (non-hydrogen) atoms. The Morgan fingerprint density at radius 3 is 3.15 bits per heavy atom. The first-order valence-corrected chi connectivity index (χ1v) is 4.44. The Labute approximate surface area is 77.2 Å². The third-order valence-electron chi connectivity index (χ3n) is 2.49. The van der Waals surface area contributed by atoms with Gasteiger partial charge in [-0.05, 0) is 24.0 Å². The molecular weight excluding hydrogens is 164 g/mol. The van der Waals surface area contributed by atoms with Crippen molar-refractivity contribution in [3.63, 3.8) is 0 Å². The van der Waals surface area contributed by atoms with E-state index >= 15 is 0 Å². The number of carbonyl (C=O) groups is 1. The van der Waals surface area contributed by atoms with Crippen LogP contribution >= 0.6 is 0 Å². The highest BCUT2D eigenvalue weighted by Gasteiger charge is 2.43. The van der Waals surface area contributed by atoms with Gasteiger partial charge in [-0.3, -0.25) is 9.78 Å². The van der Waals surface area contributed by atoms with Crippen molar-refractivity contribution in [2.45, 2.75) is 12.3 Å². The van der Waals surface area contributed by atoms with E-state index in [1.54, 1.807) is 13.2 Å². The van der Waals surface area contributed by atoms with Crippen LogP contribution in [0.5, 0.6) is 0 Å². The lowest BCUT2D eigenvalue weighted by atomic mass is 10.1. The summed E-state index contributed by atoms with van der Waals surface area (Å²) in [5, 5.41) is 2.67. The molecule has 0 saturated heterocycles. The van der Waals surface area contributed by atoms with Gasteiger partial charge in [0, 0.05) is 25.4 Å². The lowest BCUT2D eigenvalue weighted by Crippen LogP contribution is -2.20. The van der Waals surface area contributed by atoms with Crippen molar-refractivity contribution in [2.24, 2.45) is 5.92 Å². The van der Waals surface area contributed by atoms with Crippen molar-refractivity contribution in [1.82, 2.24) is 10.3 Å². The number of rotatable bonds is 2. The van der Waals surface area contributed by atoms with Crippen LogP contribution in [-0.4, -0.2) is 17.9 Å². The minimum absolute atomic E-state index is 0.147. The zero-order valence-electron chi connectivity index (χ0n) is 7.53. The molecule has 0 bridgehead atoms. The number of aromatic nitrogens is 1. The Kier molecular flexibility index (Phi) is 2.00. The maximum atomic E-state index is 11.2. The molecule has 1 fully saturated rings. The minimum atomic E-state index is 0.147. The lowest BCUT2D eigenvalue weighted by molar-refractivity contribution is -0.121. The number of hydrogen-bond donors (Lipinski definition) is 1. The summed E-state index contributed by atoms with van der Waals surface area (Å²) in [5.41, 5.74) is 1.18. The van der Waals surface area contributed by atoms with Crippen LogP contribution in [0.25, 0.3) is 0 Å². The van der Waals surface area contributed by atoms with Crippen LogP contribution in [0.2, 0.25) is 0 Å². The normalized spacial score (nSPS) is 25.3. The molecule has 0 radical (unpaired) electrons. The van der Waals surface area contributed by atoms with E-state index in [0.717, 1.165) is 6.42 Å². The Balaban J connectivity index is 2.04. The highest BCUT2D eigenvalue weighted by atomic mass is 16.1. The van der Waals surface area contributed by atoms with Crippen LogP contribution in [0, 0.1) is 5.92 Å². The molecule has 1 amide bonds. The number of carbonyl (C=O) groups excluding carboxylic acids is 1. The standard InChI is InChI=1S/C10H12N2O/c1-11-10(13)9-5-8(9)7-3-2-4-12-6-7/h2-4,6,8-9H,5H2,1H3,(H,11,13)/t8-,9+/m0/s1. The summed E-state index contributed by atoms with van der Waals surface area (Å²) in [5.74, 6) is 0.719. The number of hydrogen-bond acceptors (Lipinski definition) is 2. The second-order valence-corrected chi connectivity index (χ2v) is 3.35. The SMILES string of the molecule is CNC(=O)[C@@H]1C[C@H]1c1cccnc1. The topological polar surface area (TPSA) is 42.0 Å². The average molecular weight is 176 g/mol. The van der Waals surface area contributed by atoms with Crippen LogP contribution in [-0.2, 0) is 4.79 Å². The van der Waals surface area contributed by atoms with E-state index in [2.05, 4.69) is 10.3 Å². The summed E-state index contributed by atoms with van der Waals surface area (Å²) in [6.45, 7) is 0. The van der Waals surface area contributed by atoms with E-state index in [-0.39, 0.29) is 11.8 Å². The summed E-state index contributed by atoms with van der Waals surface area (Å²) in [6, 6.07) is 3.94. The number of nitrogens with one attached hydrogen (secondary N) is 1. The molecule has 0 aromatic carbocycles. The van der Waals surface area contributed by atoms with Crippen LogP contribution in [0.4, 0.5) is 0 Å². The maximum absolute atomic E-state index is 11.2. The molecule has 0 aliphatic heterocycles. The second-order valence-electron chi connectivity index (χ2n) is 3.35. The maximum Gasteiger partial charge on any atom is 0.223 e. The van der Waals surface area contributed by atoms with Gasteiger partial charge in [-0.2, -0.15) is 0 Å². The Morgan fingerprint density at radius 1 is 1.69 bits per heavy atom. The monoisotopic (exact) mass is 176 g/mol. The molecule has 1 aliphatic rings. The van der Waals surface area contributed by atoms with Gasteiger partial charge < -0.3 is 5.32 Å². The molecule has 1 saturated carbocycles. The van der Waals surface area contributed by atoms with Crippen molar-refractivity contribution in [3.05, 3.63) is 30.1 Å². The highest BCUT2D eigenvalue weighted by molar-refractivity contribution is 5.82. The first kappa shape index (κ1) is 8.23. The first-order valence-electron chi connectivity index (χ1n) is 4.44. The molecule has 3 nitrogen and oxygen atoms in total. The number of nitrogens with zero attached hydrogens (tertiary/aromatic N) is 1. The Morgan fingerprint density at radius 2 is 2.54 bits per heavy atom. The summed E-state index contributed by atoms with van der Waals surface area (Å²) < 4.78 is 0. The molecule has 2 rings (SSSR count). The zero-order chi connectivity index (χ0) is 9.26. The third kappa shape index (κ3) is 1.54. The smallest absolute Gasteiger partial charge is 0.223 e. The molecule has 1 N–H and O–H groups in total. The van der Waals surface area contributed by atoms with Gasteiger partial charge in [0.2, 0.25) is 5.91 Å². The highest BCUT2D eigenvalue weighted by Crippen LogP contribution is 2.47. The average Bonchev–Trinajstić information content (AvgIpc) is 2.98. The van der Waals surface area contributed by atoms with E-state index in [4.69, 9.17) is 0 Å². The van der Waals surface area contributed by atoms with Gasteiger partial charge in [0.25, 0.3) is 0 Å². The summed E-state index contributed by atoms with van der Waals surface area (Å²) >= 11 is 0. The van der Waals surface area contributed by atoms with Crippen LogP contribution in [0.1, 0.15) is 17.9 Å². The Hall–Kier alpha value is -1.38. The van der Waals surface area contributed by atoms with E-state index in [1.807, 2.05) is 18.3 Å². The predicted molar refractivity (Wildman–Crippen MR) is 49.2 cm³/mol. The molecule has 1 aliphatic carbocycles. The van der Waals surface area contributed by atoms with Gasteiger partial charge in [-0.1, -0.05) is 6.07 Å². The van der Waals surface area contributed by atoms with E-state index in [1.165, 1.54) is 5.56 Å². The van der Waals surface area contributed by atoms with Crippen LogP contribution in [0.15, 0.2) is 24.5 Å². The van der Waals surface area contributed by atoms with Gasteiger partial charge in [0.05, 0.1) is 0 Å². The van der Waals surface area contributed by atoms with Gasteiger partial charge in [-0.15, -0.1) is 0 Å². The quantitative estimate of drug-likeness (QED) is 0.728. The lowest BCUT2D eigenvalue weighted by Gasteiger charge is -1.98. The van der Waals surface area contributed by atoms with Crippen molar-refractivity contribution in [1.29, 1.82) is 0 Å². The fourth-order valence-electron chi connectivity index (χ4n) is 1.63. The Bertz CT molecular complexity index is 310.